The van der Waals surface area contributed by atoms with Gasteiger partial charge in [-0.25, -0.2) is 4.79 Å². The number of hydrogen-bond acceptors (Lipinski definition) is 5. The van der Waals surface area contributed by atoms with Crippen molar-refractivity contribution in [3.8, 4) is 0 Å². The van der Waals surface area contributed by atoms with Crippen molar-refractivity contribution in [2.45, 2.75) is 52.2 Å². The van der Waals surface area contributed by atoms with E-state index in [1.165, 1.54) is 0 Å². The van der Waals surface area contributed by atoms with Crippen molar-refractivity contribution in [3.63, 3.8) is 0 Å². The molecule has 0 amide bonds. The van der Waals surface area contributed by atoms with E-state index in [9.17, 15) is 4.79 Å². The van der Waals surface area contributed by atoms with Crippen LogP contribution in [0.25, 0.3) is 0 Å². The summed E-state index contributed by atoms with van der Waals surface area (Å²) in [6.45, 7) is 8.64. The first-order valence-electron chi connectivity index (χ1n) is 6.52. The normalized spacial score (nSPS) is 25.1. The van der Waals surface area contributed by atoms with Crippen LogP contribution in [0.15, 0.2) is 5.16 Å². The second-order valence-electron chi connectivity index (χ2n) is 5.28. The van der Waals surface area contributed by atoms with Gasteiger partial charge >= 0.3 is 5.97 Å². The predicted molar refractivity (Wildman–Crippen MR) is 70.5 cm³/mol. The van der Waals surface area contributed by atoms with E-state index in [1.54, 1.807) is 6.92 Å². The van der Waals surface area contributed by atoms with Gasteiger partial charge in [-0.05, 0) is 26.3 Å². The highest BCUT2D eigenvalue weighted by molar-refractivity contribution is 5.98. The van der Waals surface area contributed by atoms with Gasteiger partial charge in [-0.1, -0.05) is 25.9 Å². The molecule has 0 spiro atoms. The largest absolute Gasteiger partial charge is 0.363 e. The molecule has 0 aromatic heterocycles. The van der Waals surface area contributed by atoms with E-state index < -0.39 is 0 Å². The molecule has 0 saturated carbocycles. The van der Waals surface area contributed by atoms with Gasteiger partial charge in [0.25, 0.3) is 0 Å². The highest BCUT2D eigenvalue weighted by Gasteiger charge is 2.48. The Labute approximate surface area is 109 Å². The van der Waals surface area contributed by atoms with E-state index in [0.717, 1.165) is 12.1 Å². The van der Waals surface area contributed by atoms with Crippen molar-refractivity contribution in [3.05, 3.63) is 0 Å². The zero-order valence-electron chi connectivity index (χ0n) is 11.9. The monoisotopic (exact) mass is 256 g/mol. The number of oxime groups is 1. The van der Waals surface area contributed by atoms with Crippen LogP contribution in [0, 0.1) is 5.92 Å². The van der Waals surface area contributed by atoms with Crippen LogP contribution in [0.1, 0.15) is 40.5 Å². The number of carbonyl (C=O) groups is 1. The Kier molecular flexibility index (Phi) is 5.28. The quantitative estimate of drug-likeness (QED) is 0.326. The first-order valence-corrected chi connectivity index (χ1v) is 6.52. The lowest BCUT2D eigenvalue weighted by Gasteiger charge is -2.22. The lowest BCUT2D eigenvalue weighted by Crippen LogP contribution is -2.43. The minimum absolute atomic E-state index is 0.0714. The average molecular weight is 256 g/mol. The Morgan fingerprint density at radius 3 is 2.56 bits per heavy atom. The molecule has 0 aromatic rings. The molecule has 1 aliphatic rings. The topological polar surface area (TPSA) is 63.2 Å². The number of rotatable bonds is 7. The Bertz CT molecular complexity index is 322. The van der Waals surface area contributed by atoms with E-state index in [-0.39, 0.29) is 17.6 Å². The van der Waals surface area contributed by atoms with Gasteiger partial charge in [0.2, 0.25) is 0 Å². The molecule has 1 saturated heterocycles. The highest BCUT2D eigenvalue weighted by atomic mass is 16.7. The maximum Gasteiger partial charge on any atom is 0.334 e. The van der Waals surface area contributed by atoms with Gasteiger partial charge in [0.05, 0.1) is 12.6 Å². The second kappa shape index (κ2) is 6.29. The van der Waals surface area contributed by atoms with Crippen LogP contribution in [0.5, 0.6) is 0 Å². The summed E-state index contributed by atoms with van der Waals surface area (Å²) < 4.78 is 5.43. The Hall–Kier alpha value is -0.940. The predicted octanol–water partition coefficient (Wildman–Crippen LogP) is 1.72. The molecule has 1 heterocycles. The van der Waals surface area contributed by atoms with Crippen molar-refractivity contribution in [1.82, 2.24) is 5.32 Å². The number of ether oxygens (including phenoxy) is 1. The first kappa shape index (κ1) is 15.1. The zero-order chi connectivity index (χ0) is 13.8. The summed E-state index contributed by atoms with van der Waals surface area (Å²) in [7, 11) is 1.88. The molecule has 0 unspecified atom stereocenters. The molecule has 5 nitrogen and oxygen atoms in total. The molecule has 0 aromatic carbocycles. The zero-order valence-corrected chi connectivity index (χ0v) is 11.9. The molecule has 1 aliphatic heterocycles. The summed E-state index contributed by atoms with van der Waals surface area (Å²) in [5.41, 5.74) is 0.400. The highest BCUT2D eigenvalue weighted by Crippen LogP contribution is 2.31. The lowest BCUT2D eigenvalue weighted by atomic mass is 9.93. The molecule has 0 bridgehead atoms. The number of carbonyl (C=O) groups excluding carboxylic acids is 1. The third-order valence-electron chi connectivity index (χ3n) is 3.04. The van der Waals surface area contributed by atoms with Crippen molar-refractivity contribution >= 4 is 11.7 Å². The standard InChI is InChI=1S/C13H24N2O3/c1-6-11(16)18-15-12(13(4)8-17-13)10(14-5)7-9(2)3/h9-10,14H,6-8H2,1-5H3/b15-12-/t10-,13+/m0/s1. The number of hydrogen-bond donors (Lipinski definition) is 1. The van der Waals surface area contributed by atoms with E-state index in [0.29, 0.717) is 18.9 Å². The van der Waals surface area contributed by atoms with Gasteiger partial charge in [0, 0.05) is 6.42 Å². The Morgan fingerprint density at radius 2 is 2.17 bits per heavy atom. The van der Waals surface area contributed by atoms with Crippen molar-refractivity contribution in [2.75, 3.05) is 13.7 Å². The van der Waals surface area contributed by atoms with E-state index in [4.69, 9.17) is 9.57 Å². The van der Waals surface area contributed by atoms with Crippen molar-refractivity contribution in [2.24, 2.45) is 11.1 Å². The van der Waals surface area contributed by atoms with Crippen LogP contribution in [0.4, 0.5) is 0 Å². The minimum atomic E-state index is -0.378. The SMILES string of the molecule is CCC(=O)O/N=C(/[C@H](CC(C)C)NC)[C@@]1(C)CO1. The van der Waals surface area contributed by atoms with E-state index >= 15 is 0 Å². The van der Waals surface area contributed by atoms with Gasteiger partial charge in [-0.3, -0.25) is 0 Å². The third-order valence-corrected chi connectivity index (χ3v) is 3.04. The van der Waals surface area contributed by atoms with Crippen molar-refractivity contribution < 1.29 is 14.4 Å². The van der Waals surface area contributed by atoms with Crippen LogP contribution in [0.3, 0.4) is 0 Å². The lowest BCUT2D eigenvalue weighted by molar-refractivity contribution is -0.143. The summed E-state index contributed by atoms with van der Waals surface area (Å²) in [5, 5.41) is 7.25. The Balaban J connectivity index is 2.80. The second-order valence-corrected chi connectivity index (χ2v) is 5.28. The number of nitrogens with one attached hydrogen (secondary N) is 1. The van der Waals surface area contributed by atoms with Crippen LogP contribution < -0.4 is 5.32 Å². The van der Waals surface area contributed by atoms with Gasteiger partial charge in [-0.2, -0.15) is 0 Å². The summed E-state index contributed by atoms with van der Waals surface area (Å²) in [6, 6.07) is 0.0714. The molecule has 0 radical (unpaired) electrons. The molecule has 104 valence electrons. The molecule has 1 rings (SSSR count). The van der Waals surface area contributed by atoms with Gasteiger partial charge < -0.3 is 14.9 Å². The molecule has 1 N–H and O–H groups in total. The number of nitrogens with zero attached hydrogens (tertiary/aromatic N) is 1. The minimum Gasteiger partial charge on any atom is -0.363 e. The summed E-state index contributed by atoms with van der Waals surface area (Å²) >= 11 is 0. The maximum atomic E-state index is 11.2. The summed E-state index contributed by atoms with van der Waals surface area (Å²) in [4.78, 5) is 16.1. The van der Waals surface area contributed by atoms with Crippen LogP contribution in [-0.4, -0.2) is 37.0 Å². The fourth-order valence-corrected chi connectivity index (χ4v) is 1.79. The molecular weight excluding hydrogens is 232 g/mol. The van der Waals surface area contributed by atoms with E-state index in [1.807, 2.05) is 14.0 Å². The molecule has 1 fully saturated rings. The molecular formula is C13H24N2O3. The summed E-state index contributed by atoms with van der Waals surface area (Å²) in [6.07, 6.45) is 1.25. The third kappa shape index (κ3) is 4.07. The van der Waals surface area contributed by atoms with Crippen LogP contribution in [0.2, 0.25) is 0 Å². The average Bonchev–Trinajstić information content (AvgIpc) is 3.05. The maximum absolute atomic E-state index is 11.2. The molecule has 5 heteroatoms. The van der Waals surface area contributed by atoms with Gasteiger partial charge in [0.1, 0.15) is 11.3 Å². The smallest absolute Gasteiger partial charge is 0.334 e. The molecule has 18 heavy (non-hydrogen) atoms. The van der Waals surface area contributed by atoms with Crippen molar-refractivity contribution in [1.29, 1.82) is 0 Å². The number of epoxide rings is 1. The van der Waals surface area contributed by atoms with Crippen LogP contribution in [-0.2, 0) is 14.4 Å². The fraction of sp³-hybridized carbons (Fsp3) is 0.846. The molecule has 0 aliphatic carbocycles. The van der Waals surface area contributed by atoms with Gasteiger partial charge in [0.15, 0.2) is 0 Å². The van der Waals surface area contributed by atoms with Gasteiger partial charge in [-0.15, -0.1) is 0 Å². The Morgan fingerprint density at radius 1 is 1.56 bits per heavy atom. The van der Waals surface area contributed by atoms with E-state index in [2.05, 4.69) is 24.3 Å². The fourth-order valence-electron chi connectivity index (χ4n) is 1.79. The summed E-state index contributed by atoms with van der Waals surface area (Å²) in [5.74, 6) is 0.202. The first-order chi connectivity index (χ1) is 8.42. The molecule has 2 atom stereocenters. The van der Waals surface area contributed by atoms with Crippen LogP contribution >= 0.6 is 0 Å².